The second-order valence-corrected chi connectivity index (χ2v) is 7.03. The maximum absolute atomic E-state index is 12.7. The van der Waals surface area contributed by atoms with E-state index in [0.29, 0.717) is 41.2 Å². The van der Waals surface area contributed by atoms with Gasteiger partial charge in [0.25, 0.3) is 5.91 Å². The molecule has 0 atom stereocenters. The number of nitrogens with zero attached hydrogens (tertiary/aromatic N) is 2. The highest BCUT2D eigenvalue weighted by molar-refractivity contribution is 7.20. The van der Waals surface area contributed by atoms with Crippen molar-refractivity contribution >= 4 is 33.3 Å². The van der Waals surface area contributed by atoms with Crippen molar-refractivity contribution in [3.05, 3.63) is 47.3 Å². The molecule has 0 radical (unpaired) electrons. The number of benzene rings is 1. The highest BCUT2D eigenvalue weighted by Crippen LogP contribution is 2.36. The van der Waals surface area contributed by atoms with E-state index in [-0.39, 0.29) is 11.8 Å². The highest BCUT2D eigenvalue weighted by Gasteiger charge is 2.24. The summed E-state index contributed by atoms with van der Waals surface area (Å²) in [5.74, 6) is -0.562. The summed E-state index contributed by atoms with van der Waals surface area (Å²) >= 11 is 1.20. The fraction of sp³-hybridized carbons (Fsp3) is 0.222. The fourth-order valence-electron chi connectivity index (χ4n) is 2.87. The molecule has 3 N–H and O–H groups in total. The minimum atomic E-state index is -0.360. The van der Waals surface area contributed by atoms with Crippen molar-refractivity contribution in [2.24, 2.45) is 0 Å². The van der Waals surface area contributed by atoms with Crippen molar-refractivity contribution in [1.29, 1.82) is 0 Å². The van der Waals surface area contributed by atoms with E-state index in [2.05, 4.69) is 25.8 Å². The van der Waals surface area contributed by atoms with Crippen molar-refractivity contribution in [3.8, 4) is 11.3 Å². The predicted molar refractivity (Wildman–Crippen MR) is 102 cm³/mol. The van der Waals surface area contributed by atoms with E-state index in [1.165, 1.54) is 18.3 Å². The molecule has 3 heterocycles. The largest absolute Gasteiger partial charge is 0.376 e. The molecule has 1 aliphatic heterocycles. The number of aromatic amines is 1. The Bertz CT molecular complexity index is 996. The van der Waals surface area contributed by atoms with Crippen LogP contribution in [0.4, 0.5) is 10.1 Å². The van der Waals surface area contributed by atoms with Crippen LogP contribution in [0.15, 0.2) is 30.3 Å². The minimum absolute atomic E-state index is 0.202. The van der Waals surface area contributed by atoms with Crippen molar-refractivity contribution in [1.82, 2.24) is 15.2 Å². The van der Waals surface area contributed by atoms with Gasteiger partial charge in [0.05, 0.1) is 13.2 Å². The fourth-order valence-corrected chi connectivity index (χ4v) is 3.79. The van der Waals surface area contributed by atoms with Gasteiger partial charge in [0.2, 0.25) is 5.91 Å². The molecular weight excluding hydrogens is 366 g/mol. The van der Waals surface area contributed by atoms with Crippen LogP contribution in [0.2, 0.25) is 0 Å². The first kappa shape index (κ1) is 17.4. The van der Waals surface area contributed by atoms with Crippen LogP contribution in [-0.4, -0.2) is 33.6 Å². The number of fused-ring (bicyclic) bond motifs is 1. The lowest BCUT2D eigenvalue weighted by Crippen LogP contribution is -2.17. The normalized spacial score (nSPS) is 13.1. The van der Waals surface area contributed by atoms with Crippen LogP contribution in [0, 0.1) is 0 Å². The van der Waals surface area contributed by atoms with Gasteiger partial charge >= 0.3 is 0 Å². The zero-order valence-corrected chi connectivity index (χ0v) is 15.4. The summed E-state index contributed by atoms with van der Waals surface area (Å²) in [6.45, 7) is 2.41. The van der Waals surface area contributed by atoms with Gasteiger partial charge in [0.15, 0.2) is 10.8 Å². The van der Waals surface area contributed by atoms with Crippen molar-refractivity contribution in [2.45, 2.75) is 20.0 Å². The van der Waals surface area contributed by atoms with Crippen LogP contribution in [0.5, 0.6) is 0 Å². The molecule has 0 bridgehead atoms. The number of anilines is 2. The maximum Gasteiger partial charge on any atom is 0.278 e. The lowest BCUT2D eigenvalue weighted by Gasteiger charge is -2.11. The molecule has 4 rings (SSSR count). The Morgan fingerprint density at radius 1 is 1.22 bits per heavy atom. The van der Waals surface area contributed by atoms with Gasteiger partial charge in [0.1, 0.15) is 10.7 Å². The number of H-pyrrole nitrogens is 1. The summed E-state index contributed by atoms with van der Waals surface area (Å²) in [5, 5.41) is 13.5. The summed E-state index contributed by atoms with van der Waals surface area (Å²) in [4.78, 5) is 28.7. The number of carbonyl (C=O) groups is 2. The Kier molecular flexibility index (Phi) is 4.69. The summed E-state index contributed by atoms with van der Waals surface area (Å²) < 4.78 is 5.42. The molecule has 0 unspecified atom stereocenters. The number of hydrogen-bond acceptors (Lipinski definition) is 6. The summed E-state index contributed by atoms with van der Waals surface area (Å²) in [6, 6.07) is 9.47. The molecule has 9 heteroatoms. The molecule has 2 amide bonds. The van der Waals surface area contributed by atoms with Crippen LogP contribution >= 0.6 is 11.3 Å². The third kappa shape index (κ3) is 3.60. The first-order chi connectivity index (χ1) is 13.1. The van der Waals surface area contributed by atoms with Crippen LogP contribution in [0.3, 0.4) is 0 Å². The standard InChI is InChI=1S/C18H17N5O3S/c1-10(24)19-17-14(11-5-3-2-4-6-11)20-18(27-17)21-16(25)15-12-9-26-8-7-13(12)22-23-15/h2-6H,7-9H2,1H3,(H,19,24)(H,22,23)(H,20,21,25). The number of amides is 2. The molecule has 0 saturated carbocycles. The van der Waals surface area contributed by atoms with Gasteiger partial charge in [-0.25, -0.2) is 4.98 Å². The van der Waals surface area contributed by atoms with E-state index in [0.717, 1.165) is 16.8 Å². The van der Waals surface area contributed by atoms with Crippen molar-refractivity contribution < 1.29 is 14.3 Å². The van der Waals surface area contributed by atoms with E-state index in [4.69, 9.17) is 4.74 Å². The Labute approximate surface area is 159 Å². The molecule has 138 valence electrons. The zero-order chi connectivity index (χ0) is 18.8. The van der Waals surface area contributed by atoms with Gasteiger partial charge < -0.3 is 10.1 Å². The Morgan fingerprint density at radius 2 is 2.04 bits per heavy atom. The van der Waals surface area contributed by atoms with E-state index in [1.54, 1.807) is 0 Å². The molecule has 0 spiro atoms. The lowest BCUT2D eigenvalue weighted by molar-refractivity contribution is -0.114. The Hall–Kier alpha value is -3.04. The molecule has 1 aromatic carbocycles. The number of hydrogen-bond donors (Lipinski definition) is 3. The number of ether oxygens (including phenoxy) is 1. The molecule has 0 aliphatic carbocycles. The van der Waals surface area contributed by atoms with E-state index < -0.39 is 0 Å². The maximum atomic E-state index is 12.7. The highest BCUT2D eigenvalue weighted by atomic mass is 32.1. The number of nitrogens with one attached hydrogen (secondary N) is 3. The van der Waals surface area contributed by atoms with Gasteiger partial charge in [0, 0.05) is 30.2 Å². The molecule has 3 aromatic rings. The number of thiazole rings is 1. The van der Waals surface area contributed by atoms with Crippen molar-refractivity contribution in [3.63, 3.8) is 0 Å². The van der Waals surface area contributed by atoms with Gasteiger partial charge in [-0.3, -0.25) is 20.0 Å². The predicted octanol–water partition coefficient (Wildman–Crippen LogP) is 2.82. The third-order valence-electron chi connectivity index (χ3n) is 4.10. The molecule has 27 heavy (non-hydrogen) atoms. The minimum Gasteiger partial charge on any atom is -0.376 e. The first-order valence-corrected chi connectivity index (χ1v) is 9.22. The third-order valence-corrected chi connectivity index (χ3v) is 4.98. The molecule has 1 aliphatic rings. The Morgan fingerprint density at radius 3 is 2.81 bits per heavy atom. The van der Waals surface area contributed by atoms with Gasteiger partial charge in [-0.05, 0) is 0 Å². The van der Waals surface area contributed by atoms with E-state index >= 15 is 0 Å². The second kappa shape index (κ2) is 7.29. The average molecular weight is 383 g/mol. The van der Waals surface area contributed by atoms with Crippen LogP contribution < -0.4 is 10.6 Å². The Balaban J connectivity index is 1.62. The summed E-state index contributed by atoms with van der Waals surface area (Å²) in [6.07, 6.45) is 0.706. The molecule has 8 nitrogen and oxygen atoms in total. The smallest absolute Gasteiger partial charge is 0.278 e. The van der Waals surface area contributed by atoms with Crippen LogP contribution in [0.1, 0.15) is 28.7 Å². The van der Waals surface area contributed by atoms with Crippen LogP contribution in [-0.2, 0) is 22.6 Å². The van der Waals surface area contributed by atoms with Gasteiger partial charge in [-0.1, -0.05) is 41.7 Å². The molecule has 0 fully saturated rings. The number of aromatic nitrogens is 3. The molecule has 2 aromatic heterocycles. The summed E-state index contributed by atoms with van der Waals surface area (Å²) in [5.41, 5.74) is 3.47. The van der Waals surface area contributed by atoms with Gasteiger partial charge in [-0.2, -0.15) is 5.10 Å². The summed E-state index contributed by atoms with van der Waals surface area (Å²) in [7, 11) is 0. The zero-order valence-electron chi connectivity index (χ0n) is 14.5. The van der Waals surface area contributed by atoms with Gasteiger partial charge in [-0.15, -0.1) is 0 Å². The molecular formula is C18H17N5O3S. The lowest BCUT2D eigenvalue weighted by atomic mass is 10.1. The van der Waals surface area contributed by atoms with E-state index in [1.807, 2.05) is 30.3 Å². The monoisotopic (exact) mass is 383 g/mol. The second-order valence-electron chi connectivity index (χ2n) is 6.03. The van der Waals surface area contributed by atoms with E-state index in [9.17, 15) is 9.59 Å². The van der Waals surface area contributed by atoms with Crippen LogP contribution in [0.25, 0.3) is 11.3 Å². The SMILES string of the molecule is CC(=O)Nc1sc(NC(=O)c2n[nH]c3c2COCC3)nc1-c1ccccc1. The van der Waals surface area contributed by atoms with Crippen molar-refractivity contribution in [2.75, 3.05) is 17.2 Å². The number of rotatable bonds is 4. The average Bonchev–Trinajstić information content (AvgIpc) is 3.26. The number of carbonyl (C=O) groups excluding carboxylic acids is 2. The first-order valence-electron chi connectivity index (χ1n) is 8.41. The molecule has 0 saturated heterocycles. The topological polar surface area (TPSA) is 109 Å². The quantitative estimate of drug-likeness (QED) is 0.642.